The van der Waals surface area contributed by atoms with Crippen LogP contribution in [0.25, 0.3) is 0 Å². The standard InChI is InChI=1S/C15H21BrS2/c1-14(2,3)12-9-17-15(4,18-10-12)11-5-7-13(16)8-6-11/h5-8,12H,9-10H2,1-4H3. The number of rotatable bonds is 1. The Morgan fingerprint density at radius 1 is 1.11 bits per heavy atom. The van der Waals surface area contributed by atoms with Crippen molar-refractivity contribution in [2.24, 2.45) is 11.3 Å². The minimum absolute atomic E-state index is 0.225. The van der Waals surface area contributed by atoms with Crippen molar-refractivity contribution in [3.8, 4) is 0 Å². The summed E-state index contributed by atoms with van der Waals surface area (Å²) in [4.78, 5) is 0. The van der Waals surface area contributed by atoms with Gasteiger partial charge in [0.25, 0.3) is 0 Å². The van der Waals surface area contributed by atoms with Crippen LogP contribution >= 0.6 is 39.5 Å². The summed E-state index contributed by atoms with van der Waals surface area (Å²) in [5.74, 6) is 3.35. The lowest BCUT2D eigenvalue weighted by atomic mass is 9.83. The van der Waals surface area contributed by atoms with Gasteiger partial charge >= 0.3 is 0 Å². The van der Waals surface area contributed by atoms with Crippen molar-refractivity contribution in [3.63, 3.8) is 0 Å². The van der Waals surface area contributed by atoms with Gasteiger partial charge in [-0.2, -0.15) is 0 Å². The normalized spacial score (nSPS) is 29.3. The Morgan fingerprint density at radius 3 is 2.06 bits per heavy atom. The van der Waals surface area contributed by atoms with Crippen LogP contribution in [0.15, 0.2) is 28.7 Å². The minimum atomic E-state index is 0.225. The summed E-state index contributed by atoms with van der Waals surface area (Å²) >= 11 is 7.72. The highest BCUT2D eigenvalue weighted by atomic mass is 79.9. The molecule has 0 bridgehead atoms. The number of benzene rings is 1. The predicted molar refractivity (Wildman–Crippen MR) is 89.4 cm³/mol. The summed E-state index contributed by atoms with van der Waals surface area (Å²) in [6.45, 7) is 9.45. The Kier molecular flexibility index (Phi) is 4.45. The Labute approximate surface area is 128 Å². The quantitative estimate of drug-likeness (QED) is 0.634. The highest BCUT2D eigenvalue weighted by Gasteiger charge is 2.37. The summed E-state index contributed by atoms with van der Waals surface area (Å²) in [7, 11) is 0. The first-order chi connectivity index (χ1) is 8.31. The first-order valence-electron chi connectivity index (χ1n) is 6.35. The summed E-state index contributed by atoms with van der Waals surface area (Å²) in [5, 5.41) is 0. The number of thioether (sulfide) groups is 2. The van der Waals surface area contributed by atoms with E-state index in [1.165, 1.54) is 17.1 Å². The Bertz CT molecular complexity index is 397. The topological polar surface area (TPSA) is 0 Å². The zero-order valence-corrected chi connectivity index (χ0v) is 14.7. The van der Waals surface area contributed by atoms with Crippen molar-refractivity contribution in [3.05, 3.63) is 34.3 Å². The molecule has 3 heteroatoms. The maximum atomic E-state index is 3.51. The van der Waals surface area contributed by atoms with Crippen LogP contribution in [0, 0.1) is 11.3 Å². The average molecular weight is 345 g/mol. The van der Waals surface area contributed by atoms with E-state index in [2.05, 4.69) is 91.4 Å². The summed E-state index contributed by atoms with van der Waals surface area (Å²) in [6.07, 6.45) is 0. The van der Waals surface area contributed by atoms with E-state index < -0.39 is 0 Å². The van der Waals surface area contributed by atoms with Crippen LogP contribution in [0.5, 0.6) is 0 Å². The lowest BCUT2D eigenvalue weighted by Gasteiger charge is -2.41. The molecule has 0 nitrogen and oxygen atoms in total. The van der Waals surface area contributed by atoms with Crippen LogP contribution in [0.3, 0.4) is 0 Å². The molecular weight excluding hydrogens is 324 g/mol. The van der Waals surface area contributed by atoms with Gasteiger partial charge in [0.2, 0.25) is 0 Å². The summed E-state index contributed by atoms with van der Waals surface area (Å²) in [5.41, 5.74) is 1.87. The monoisotopic (exact) mass is 344 g/mol. The van der Waals surface area contributed by atoms with Crippen molar-refractivity contribution in [2.45, 2.75) is 31.8 Å². The molecule has 0 amide bonds. The van der Waals surface area contributed by atoms with Crippen LogP contribution in [0.1, 0.15) is 33.3 Å². The molecule has 0 spiro atoms. The van der Waals surface area contributed by atoms with Crippen molar-refractivity contribution in [1.82, 2.24) is 0 Å². The minimum Gasteiger partial charge on any atom is -0.139 e. The first kappa shape index (κ1) is 14.8. The molecular formula is C15H21BrS2. The Hall–Kier alpha value is 0.400. The zero-order chi connectivity index (χ0) is 13.4. The molecule has 1 aliphatic heterocycles. The van der Waals surface area contributed by atoms with Crippen molar-refractivity contribution >= 4 is 39.5 Å². The van der Waals surface area contributed by atoms with E-state index in [1.807, 2.05) is 0 Å². The number of hydrogen-bond acceptors (Lipinski definition) is 2. The van der Waals surface area contributed by atoms with Crippen molar-refractivity contribution in [2.75, 3.05) is 11.5 Å². The predicted octanol–water partition coefficient (Wildman–Crippen LogP) is 5.76. The number of hydrogen-bond donors (Lipinski definition) is 0. The van der Waals surface area contributed by atoms with Gasteiger partial charge in [-0.3, -0.25) is 0 Å². The van der Waals surface area contributed by atoms with Gasteiger partial charge in [0, 0.05) is 4.47 Å². The van der Waals surface area contributed by atoms with E-state index in [0.29, 0.717) is 5.41 Å². The van der Waals surface area contributed by atoms with Gasteiger partial charge < -0.3 is 0 Å². The summed E-state index contributed by atoms with van der Waals surface area (Å²) < 4.78 is 1.39. The van der Waals surface area contributed by atoms with E-state index in [0.717, 1.165) is 10.4 Å². The van der Waals surface area contributed by atoms with Crippen LogP contribution in [-0.4, -0.2) is 11.5 Å². The molecule has 0 aromatic heterocycles. The fourth-order valence-corrected chi connectivity index (χ4v) is 6.06. The molecule has 1 aliphatic rings. The second-order valence-electron chi connectivity index (χ2n) is 6.14. The molecule has 0 saturated carbocycles. The van der Waals surface area contributed by atoms with Crippen LogP contribution in [0.4, 0.5) is 0 Å². The largest absolute Gasteiger partial charge is 0.139 e. The number of halogens is 1. The second-order valence-corrected chi connectivity index (χ2v) is 10.2. The molecule has 2 rings (SSSR count). The molecule has 18 heavy (non-hydrogen) atoms. The summed E-state index contributed by atoms with van der Waals surface area (Å²) in [6, 6.07) is 8.80. The molecule has 0 aliphatic carbocycles. The van der Waals surface area contributed by atoms with Crippen LogP contribution in [0.2, 0.25) is 0 Å². The van der Waals surface area contributed by atoms with E-state index in [9.17, 15) is 0 Å². The van der Waals surface area contributed by atoms with Gasteiger partial charge in [0.1, 0.15) is 0 Å². The third kappa shape index (κ3) is 3.29. The molecule has 1 aromatic carbocycles. The van der Waals surface area contributed by atoms with Gasteiger partial charge in [-0.05, 0) is 47.5 Å². The van der Waals surface area contributed by atoms with Crippen molar-refractivity contribution < 1.29 is 0 Å². The third-order valence-corrected chi connectivity index (χ3v) is 7.66. The van der Waals surface area contributed by atoms with Crippen LogP contribution in [-0.2, 0) is 4.08 Å². The smallest absolute Gasteiger partial charge is 0.0832 e. The molecule has 1 aromatic rings. The molecule has 0 radical (unpaired) electrons. The first-order valence-corrected chi connectivity index (χ1v) is 9.12. The lowest BCUT2D eigenvalue weighted by Crippen LogP contribution is -2.32. The maximum absolute atomic E-state index is 3.51. The maximum Gasteiger partial charge on any atom is 0.0832 e. The van der Waals surface area contributed by atoms with E-state index >= 15 is 0 Å². The van der Waals surface area contributed by atoms with Gasteiger partial charge in [-0.15, -0.1) is 23.5 Å². The fourth-order valence-electron chi connectivity index (χ4n) is 2.03. The van der Waals surface area contributed by atoms with Crippen molar-refractivity contribution in [1.29, 1.82) is 0 Å². The van der Waals surface area contributed by atoms with E-state index in [4.69, 9.17) is 0 Å². The molecule has 100 valence electrons. The van der Waals surface area contributed by atoms with E-state index in [1.54, 1.807) is 0 Å². The lowest BCUT2D eigenvalue weighted by molar-refractivity contribution is 0.292. The van der Waals surface area contributed by atoms with E-state index in [-0.39, 0.29) is 4.08 Å². The van der Waals surface area contributed by atoms with Gasteiger partial charge in [0.05, 0.1) is 4.08 Å². The third-order valence-electron chi connectivity index (χ3n) is 3.71. The molecule has 1 heterocycles. The molecule has 0 N–H and O–H groups in total. The van der Waals surface area contributed by atoms with Gasteiger partial charge in [-0.25, -0.2) is 0 Å². The van der Waals surface area contributed by atoms with Crippen LogP contribution < -0.4 is 0 Å². The second kappa shape index (κ2) is 5.41. The average Bonchev–Trinajstić information content (AvgIpc) is 2.29. The Balaban J connectivity index is 2.10. The molecule has 0 atom stereocenters. The molecule has 1 fully saturated rings. The van der Waals surface area contributed by atoms with Gasteiger partial charge in [0.15, 0.2) is 0 Å². The highest BCUT2D eigenvalue weighted by Crippen LogP contribution is 2.53. The Morgan fingerprint density at radius 2 is 1.61 bits per heavy atom. The SMILES string of the molecule is CC1(c2ccc(Br)cc2)SCC(C(C)(C)C)CS1. The molecule has 0 unspecified atom stereocenters. The molecule has 1 saturated heterocycles. The highest BCUT2D eigenvalue weighted by molar-refractivity contribution is 9.10. The zero-order valence-electron chi connectivity index (χ0n) is 11.5. The fraction of sp³-hybridized carbons (Fsp3) is 0.600. The van der Waals surface area contributed by atoms with Gasteiger partial charge in [-0.1, -0.05) is 48.8 Å².